The average molecular weight is 504 g/mol. The minimum absolute atomic E-state index is 0.0471. The van der Waals surface area contributed by atoms with Crippen molar-refractivity contribution in [3.05, 3.63) is 58.4 Å². The molecule has 1 saturated carbocycles. The van der Waals surface area contributed by atoms with Crippen molar-refractivity contribution in [1.29, 1.82) is 0 Å². The maximum Gasteiger partial charge on any atom is 0.286 e. The highest BCUT2D eigenvalue weighted by Gasteiger charge is 2.31. The lowest BCUT2D eigenvalue weighted by molar-refractivity contribution is 0.414. The van der Waals surface area contributed by atoms with Gasteiger partial charge in [0.1, 0.15) is 16.2 Å². The molecule has 0 unspecified atom stereocenters. The zero-order valence-electron chi connectivity index (χ0n) is 17.9. The highest BCUT2D eigenvalue weighted by molar-refractivity contribution is 7.92. The number of para-hydroxylation sites is 1. The first-order chi connectivity index (χ1) is 16.0. The number of aromatic hydroxyl groups is 1. The Morgan fingerprint density at radius 3 is 2.59 bits per heavy atom. The Labute approximate surface area is 195 Å². The van der Waals surface area contributed by atoms with Gasteiger partial charge in [0.15, 0.2) is 5.84 Å². The summed E-state index contributed by atoms with van der Waals surface area (Å²) in [6.45, 7) is 0. The van der Waals surface area contributed by atoms with Gasteiger partial charge in [-0.25, -0.2) is 13.1 Å². The monoisotopic (exact) mass is 503 g/mol. The number of aromatic nitrogens is 1. The summed E-state index contributed by atoms with van der Waals surface area (Å²) < 4.78 is 56.2. The van der Waals surface area contributed by atoms with Gasteiger partial charge in [0, 0.05) is 17.1 Å². The molecule has 178 valence electrons. The molecule has 4 N–H and O–H groups in total. The number of benzene rings is 2. The molecule has 0 saturated heterocycles. The second-order valence-corrected chi connectivity index (χ2v) is 11.6. The zero-order valence-corrected chi connectivity index (χ0v) is 19.6. The number of pyridine rings is 1. The molecule has 0 atom stereocenters. The topological polar surface area (TPSA) is 159 Å². The third-order valence-corrected chi connectivity index (χ3v) is 7.66. The second kappa shape index (κ2) is 7.74. The highest BCUT2D eigenvalue weighted by atomic mass is 32.2. The molecule has 1 aromatic heterocycles. The van der Waals surface area contributed by atoms with E-state index in [0.29, 0.717) is 10.9 Å². The minimum atomic E-state index is -4.32. The standard InChI is InChI=1S/C21H21N5O6S2/c1-33(29,30)24-13-9-10-15-17(11-13)34(31,32)25-20(22-15)18-19(27)14-7-2-3-8-16(14)26(21(18)28)23-12-5-4-6-12/h2-3,7-12,23-24,27H,4-6H2,1H3,(H,22,25). The molecule has 11 nitrogen and oxygen atoms in total. The van der Waals surface area contributed by atoms with Crippen LogP contribution in [0, 0.1) is 0 Å². The summed E-state index contributed by atoms with van der Waals surface area (Å²) in [5.41, 5.74) is 2.81. The molecule has 0 radical (unpaired) electrons. The van der Waals surface area contributed by atoms with E-state index in [4.69, 9.17) is 0 Å². The predicted molar refractivity (Wildman–Crippen MR) is 129 cm³/mol. The van der Waals surface area contributed by atoms with Crippen LogP contribution in [0.2, 0.25) is 0 Å². The van der Waals surface area contributed by atoms with E-state index in [0.717, 1.165) is 31.6 Å². The van der Waals surface area contributed by atoms with Crippen LogP contribution < -0.4 is 21.0 Å². The molecular formula is C21H21N5O6S2. The molecule has 34 heavy (non-hydrogen) atoms. The molecule has 3 aromatic rings. The quantitative estimate of drug-likeness (QED) is 0.410. The zero-order chi connectivity index (χ0) is 24.3. The lowest BCUT2D eigenvalue weighted by Crippen LogP contribution is -2.42. The Hall–Kier alpha value is -3.58. The fraction of sp³-hybridized carbons (Fsp3) is 0.238. The van der Waals surface area contributed by atoms with Crippen molar-refractivity contribution in [3.63, 3.8) is 0 Å². The van der Waals surface area contributed by atoms with Crippen molar-refractivity contribution >= 4 is 48.2 Å². The van der Waals surface area contributed by atoms with Gasteiger partial charge in [0.05, 0.1) is 17.5 Å². The van der Waals surface area contributed by atoms with Crippen LogP contribution in [-0.4, -0.2) is 44.8 Å². The van der Waals surface area contributed by atoms with Crippen molar-refractivity contribution in [2.24, 2.45) is 4.40 Å². The maximum atomic E-state index is 13.5. The van der Waals surface area contributed by atoms with Gasteiger partial charge in [-0.3, -0.25) is 9.52 Å². The Kier molecular flexibility index (Phi) is 5.06. The molecule has 1 aliphatic heterocycles. The Balaban J connectivity index is 1.66. The first kappa shape index (κ1) is 22.2. The average Bonchev–Trinajstić information content (AvgIpc) is 2.71. The molecule has 2 heterocycles. The largest absolute Gasteiger partial charge is 0.506 e. The van der Waals surface area contributed by atoms with Crippen LogP contribution in [0.15, 0.2) is 56.6 Å². The number of amidine groups is 1. The number of hydrogen-bond donors (Lipinski definition) is 4. The Morgan fingerprint density at radius 2 is 1.91 bits per heavy atom. The highest BCUT2D eigenvalue weighted by Crippen LogP contribution is 2.34. The first-order valence-electron chi connectivity index (χ1n) is 10.4. The number of anilines is 2. The fourth-order valence-electron chi connectivity index (χ4n) is 3.93. The third-order valence-electron chi connectivity index (χ3n) is 5.73. The number of sulfonamides is 2. The molecule has 0 spiro atoms. The molecule has 0 amide bonds. The van der Waals surface area contributed by atoms with Crippen molar-refractivity contribution in [1.82, 2.24) is 4.68 Å². The van der Waals surface area contributed by atoms with Crippen LogP contribution in [0.25, 0.3) is 10.9 Å². The van der Waals surface area contributed by atoms with Crippen molar-refractivity contribution in [3.8, 4) is 5.75 Å². The van der Waals surface area contributed by atoms with Crippen LogP contribution in [0.5, 0.6) is 5.75 Å². The van der Waals surface area contributed by atoms with Gasteiger partial charge in [-0.1, -0.05) is 12.1 Å². The van der Waals surface area contributed by atoms with Gasteiger partial charge in [-0.15, -0.1) is 4.40 Å². The van der Waals surface area contributed by atoms with Crippen LogP contribution >= 0.6 is 0 Å². The molecule has 2 aromatic carbocycles. The van der Waals surface area contributed by atoms with E-state index < -0.39 is 31.4 Å². The number of rotatable bonds is 5. The van der Waals surface area contributed by atoms with Crippen LogP contribution in [0.1, 0.15) is 24.8 Å². The van der Waals surface area contributed by atoms with Gasteiger partial charge in [0.2, 0.25) is 10.0 Å². The SMILES string of the molecule is CS(=O)(=O)Nc1ccc2c(c1)S(=O)(=O)N=C(c1c(O)c3ccccc3n(NC3CCC3)c1=O)N2. The van der Waals surface area contributed by atoms with Gasteiger partial charge in [0.25, 0.3) is 15.6 Å². The van der Waals surface area contributed by atoms with Crippen molar-refractivity contribution in [2.75, 3.05) is 21.7 Å². The molecular weight excluding hydrogens is 482 g/mol. The Bertz CT molecular complexity index is 1640. The summed E-state index contributed by atoms with van der Waals surface area (Å²) in [5, 5.41) is 14.1. The van der Waals surface area contributed by atoms with Crippen LogP contribution in [0.3, 0.4) is 0 Å². The molecule has 1 fully saturated rings. The number of fused-ring (bicyclic) bond motifs is 2. The summed E-state index contributed by atoms with van der Waals surface area (Å²) in [6.07, 6.45) is 3.76. The van der Waals surface area contributed by atoms with E-state index in [-0.39, 0.29) is 33.7 Å². The first-order valence-corrected chi connectivity index (χ1v) is 13.7. The summed E-state index contributed by atoms with van der Waals surface area (Å²) in [5.74, 6) is -0.721. The molecule has 1 aliphatic carbocycles. The van der Waals surface area contributed by atoms with E-state index in [9.17, 15) is 26.7 Å². The number of hydrogen-bond acceptors (Lipinski definition) is 8. The normalized spacial score (nSPS) is 17.3. The maximum absolute atomic E-state index is 13.5. The van der Waals surface area contributed by atoms with Crippen molar-refractivity contribution < 1.29 is 21.9 Å². The summed E-state index contributed by atoms with van der Waals surface area (Å²) in [7, 11) is -7.95. The van der Waals surface area contributed by atoms with E-state index >= 15 is 0 Å². The van der Waals surface area contributed by atoms with Gasteiger partial charge in [-0.2, -0.15) is 8.42 Å². The summed E-state index contributed by atoms with van der Waals surface area (Å²) >= 11 is 0. The van der Waals surface area contributed by atoms with Gasteiger partial charge in [-0.05, 0) is 49.6 Å². The minimum Gasteiger partial charge on any atom is -0.506 e. The van der Waals surface area contributed by atoms with Crippen LogP contribution in [0.4, 0.5) is 11.4 Å². The van der Waals surface area contributed by atoms with E-state index in [1.165, 1.54) is 16.8 Å². The van der Waals surface area contributed by atoms with E-state index in [1.54, 1.807) is 24.3 Å². The number of nitrogens with zero attached hydrogens (tertiary/aromatic N) is 2. The lowest BCUT2D eigenvalue weighted by atomic mass is 9.94. The van der Waals surface area contributed by atoms with E-state index in [1.807, 2.05) is 0 Å². The summed E-state index contributed by atoms with van der Waals surface area (Å²) in [6, 6.07) is 10.7. The number of nitrogens with one attached hydrogen (secondary N) is 3. The van der Waals surface area contributed by atoms with E-state index in [2.05, 4.69) is 19.9 Å². The molecule has 13 heteroatoms. The van der Waals surface area contributed by atoms with Gasteiger partial charge >= 0.3 is 0 Å². The van der Waals surface area contributed by atoms with Gasteiger partial charge < -0.3 is 15.8 Å². The second-order valence-electron chi connectivity index (χ2n) is 8.26. The fourth-order valence-corrected chi connectivity index (χ4v) is 5.64. The molecule has 5 rings (SSSR count). The third kappa shape index (κ3) is 3.86. The van der Waals surface area contributed by atoms with Crippen LogP contribution in [-0.2, 0) is 20.0 Å². The predicted octanol–water partition coefficient (Wildman–Crippen LogP) is 1.74. The summed E-state index contributed by atoms with van der Waals surface area (Å²) in [4.78, 5) is 13.2. The smallest absolute Gasteiger partial charge is 0.286 e. The Morgan fingerprint density at radius 1 is 1.18 bits per heavy atom. The van der Waals surface area contributed by atoms with Crippen molar-refractivity contribution in [2.45, 2.75) is 30.2 Å². The molecule has 0 bridgehead atoms. The lowest BCUT2D eigenvalue weighted by Gasteiger charge is -2.29. The molecule has 2 aliphatic rings.